The van der Waals surface area contributed by atoms with Crippen molar-refractivity contribution in [3.05, 3.63) is 16.3 Å². The third kappa shape index (κ3) is 4.08. The molecule has 94 valence electrons. The summed E-state index contributed by atoms with van der Waals surface area (Å²) in [5, 5.41) is 24.8. The fourth-order valence-corrected chi connectivity index (χ4v) is 1.75. The Balaban J connectivity index is 2.88. The van der Waals surface area contributed by atoms with Crippen LogP contribution in [0.3, 0.4) is 0 Å². The van der Waals surface area contributed by atoms with Gasteiger partial charge in [0.1, 0.15) is 10.9 Å². The molecule has 0 aliphatic heterocycles. The van der Waals surface area contributed by atoms with Crippen molar-refractivity contribution in [2.24, 2.45) is 4.99 Å². The molecule has 0 spiro atoms. The lowest BCUT2D eigenvalue weighted by molar-refractivity contribution is 0.503. The summed E-state index contributed by atoms with van der Waals surface area (Å²) in [6.07, 6.45) is 2.71. The number of hydrogen-bond donors (Lipinski definition) is 2. The first-order chi connectivity index (χ1) is 8.50. The van der Waals surface area contributed by atoms with E-state index >= 15 is 0 Å². The highest BCUT2D eigenvalue weighted by atomic mass is 32.1. The molecule has 0 aliphatic rings. The lowest BCUT2D eigenvalue weighted by Crippen LogP contribution is -2.31. The van der Waals surface area contributed by atoms with Crippen LogP contribution >= 0.6 is 11.3 Å². The van der Waals surface area contributed by atoms with Crippen LogP contribution in [0.15, 0.2) is 16.4 Å². The van der Waals surface area contributed by atoms with Crippen LogP contribution in [0.25, 0.3) is 0 Å². The van der Waals surface area contributed by atoms with E-state index in [0.29, 0.717) is 10.8 Å². The predicted octanol–water partition coefficient (Wildman–Crippen LogP) is 2.65. The monoisotopic (exact) mass is 261 g/mol. The zero-order valence-electron chi connectivity index (χ0n) is 10.6. The second-order valence-electron chi connectivity index (χ2n) is 4.30. The minimum absolute atomic E-state index is 0.250. The summed E-state index contributed by atoms with van der Waals surface area (Å²) in [5.74, 6) is 0.395. The summed E-state index contributed by atoms with van der Waals surface area (Å²) in [4.78, 5) is 5.06. The van der Waals surface area contributed by atoms with Crippen molar-refractivity contribution in [3.63, 3.8) is 0 Å². The highest BCUT2D eigenvalue weighted by Crippen LogP contribution is 2.19. The Labute approximate surface area is 111 Å². The maximum Gasteiger partial charge on any atom is 0.209 e. The van der Waals surface area contributed by atoms with Gasteiger partial charge in [0.15, 0.2) is 6.19 Å². The molecule has 0 atom stereocenters. The first-order valence-corrected chi connectivity index (χ1v) is 6.39. The number of anilines is 1. The van der Waals surface area contributed by atoms with Crippen molar-refractivity contribution in [3.8, 4) is 12.3 Å². The average Bonchev–Trinajstić information content (AvgIpc) is 2.76. The molecule has 1 aromatic rings. The number of guanidine groups is 1. The number of thiophene rings is 1. The Hall–Kier alpha value is -2.05. The Morgan fingerprint density at radius 3 is 2.72 bits per heavy atom. The molecule has 0 radical (unpaired) electrons. The highest BCUT2D eigenvalue weighted by Gasteiger charge is 2.15. The van der Waals surface area contributed by atoms with E-state index < -0.39 is 0 Å². The van der Waals surface area contributed by atoms with Gasteiger partial charge in [-0.1, -0.05) is 6.92 Å². The van der Waals surface area contributed by atoms with Crippen molar-refractivity contribution in [1.29, 1.82) is 10.5 Å². The molecular weight excluding hydrogens is 246 g/mol. The minimum Gasteiger partial charge on any atom is -0.325 e. The van der Waals surface area contributed by atoms with Crippen LogP contribution in [0.4, 0.5) is 5.69 Å². The molecule has 0 saturated heterocycles. The second kappa shape index (κ2) is 6.04. The third-order valence-electron chi connectivity index (χ3n) is 2.43. The van der Waals surface area contributed by atoms with Gasteiger partial charge in [-0.25, -0.2) is 4.99 Å². The number of nitriles is 2. The van der Waals surface area contributed by atoms with Crippen LogP contribution in [0.5, 0.6) is 0 Å². The molecule has 0 unspecified atom stereocenters. The maximum atomic E-state index is 8.75. The van der Waals surface area contributed by atoms with Gasteiger partial charge in [-0.15, -0.1) is 11.3 Å². The van der Waals surface area contributed by atoms with E-state index in [-0.39, 0.29) is 5.54 Å². The molecule has 0 saturated carbocycles. The van der Waals surface area contributed by atoms with Crippen molar-refractivity contribution < 1.29 is 0 Å². The van der Waals surface area contributed by atoms with Crippen LogP contribution in [0, 0.1) is 22.8 Å². The summed E-state index contributed by atoms with van der Waals surface area (Å²) < 4.78 is 0. The van der Waals surface area contributed by atoms with Gasteiger partial charge < -0.3 is 5.32 Å². The van der Waals surface area contributed by atoms with Gasteiger partial charge >= 0.3 is 0 Å². The number of rotatable bonds is 3. The molecule has 18 heavy (non-hydrogen) atoms. The summed E-state index contributed by atoms with van der Waals surface area (Å²) in [6, 6.07) is 3.79. The number of aliphatic imine (C=N–C) groups is 1. The normalized spacial score (nSPS) is 11.5. The maximum absolute atomic E-state index is 8.75. The SMILES string of the molecule is CCC(C)(C)N=C(NC#N)Nc1csc(C#N)c1. The zero-order chi connectivity index (χ0) is 13.6. The van der Waals surface area contributed by atoms with Crippen molar-refractivity contribution in [1.82, 2.24) is 5.32 Å². The molecule has 2 N–H and O–H groups in total. The van der Waals surface area contributed by atoms with Gasteiger partial charge in [0.25, 0.3) is 0 Å². The standard InChI is InChI=1S/C12H15N5S/c1-4-12(2,3)17-11(15-8-14)16-9-5-10(6-13)18-7-9/h5,7H,4H2,1-3H3,(H2,15,16,17). The number of hydrogen-bond acceptors (Lipinski definition) is 4. The zero-order valence-corrected chi connectivity index (χ0v) is 11.4. The molecule has 5 nitrogen and oxygen atoms in total. The predicted molar refractivity (Wildman–Crippen MR) is 73.2 cm³/mol. The van der Waals surface area contributed by atoms with Crippen LogP contribution in [0.1, 0.15) is 32.1 Å². The minimum atomic E-state index is -0.250. The van der Waals surface area contributed by atoms with E-state index in [1.807, 2.05) is 32.3 Å². The molecule has 0 aromatic carbocycles. The second-order valence-corrected chi connectivity index (χ2v) is 5.21. The summed E-state index contributed by atoms with van der Waals surface area (Å²) >= 11 is 1.34. The van der Waals surface area contributed by atoms with Gasteiger partial charge in [0, 0.05) is 5.38 Å². The molecule has 1 heterocycles. The lowest BCUT2D eigenvalue weighted by atomic mass is 10.0. The van der Waals surface area contributed by atoms with E-state index in [1.54, 1.807) is 6.07 Å². The molecular formula is C12H15N5S. The summed E-state index contributed by atoms with van der Waals surface area (Å²) in [7, 11) is 0. The van der Waals surface area contributed by atoms with E-state index in [1.165, 1.54) is 11.3 Å². The fourth-order valence-electron chi connectivity index (χ4n) is 1.12. The van der Waals surface area contributed by atoms with Gasteiger partial charge in [-0.2, -0.15) is 10.5 Å². The fraction of sp³-hybridized carbons (Fsp3) is 0.417. The molecule has 6 heteroatoms. The van der Waals surface area contributed by atoms with Crippen LogP contribution in [-0.4, -0.2) is 11.5 Å². The topological polar surface area (TPSA) is 84.0 Å². The molecule has 0 bridgehead atoms. The van der Waals surface area contributed by atoms with E-state index in [9.17, 15) is 0 Å². The Kier molecular flexibility index (Phi) is 4.70. The van der Waals surface area contributed by atoms with Crippen molar-refractivity contribution in [2.75, 3.05) is 5.32 Å². The van der Waals surface area contributed by atoms with Crippen LogP contribution in [0.2, 0.25) is 0 Å². The molecule has 1 rings (SSSR count). The molecule has 0 aliphatic carbocycles. The van der Waals surface area contributed by atoms with Gasteiger partial charge in [-0.3, -0.25) is 5.32 Å². The molecule has 0 fully saturated rings. The third-order valence-corrected chi connectivity index (χ3v) is 3.26. The largest absolute Gasteiger partial charge is 0.325 e. The number of nitrogens with one attached hydrogen (secondary N) is 2. The van der Waals surface area contributed by atoms with Crippen molar-refractivity contribution >= 4 is 23.0 Å². The van der Waals surface area contributed by atoms with Crippen LogP contribution in [-0.2, 0) is 0 Å². The number of nitrogens with zero attached hydrogens (tertiary/aromatic N) is 3. The first-order valence-electron chi connectivity index (χ1n) is 5.51. The molecule has 0 amide bonds. The van der Waals surface area contributed by atoms with Gasteiger partial charge in [0.2, 0.25) is 5.96 Å². The highest BCUT2D eigenvalue weighted by molar-refractivity contribution is 7.11. The summed E-state index contributed by atoms with van der Waals surface area (Å²) in [6.45, 7) is 6.01. The quantitative estimate of drug-likeness (QED) is 0.379. The first kappa shape index (κ1) is 14.0. The average molecular weight is 261 g/mol. The van der Waals surface area contributed by atoms with E-state index in [4.69, 9.17) is 10.5 Å². The van der Waals surface area contributed by atoms with Gasteiger partial charge in [-0.05, 0) is 26.3 Å². The Morgan fingerprint density at radius 1 is 1.50 bits per heavy atom. The lowest BCUT2D eigenvalue weighted by Gasteiger charge is -2.19. The summed E-state index contributed by atoms with van der Waals surface area (Å²) in [5.41, 5.74) is 0.505. The smallest absolute Gasteiger partial charge is 0.209 e. The van der Waals surface area contributed by atoms with Crippen LogP contribution < -0.4 is 10.6 Å². The molecule has 1 aromatic heterocycles. The Morgan fingerprint density at radius 2 is 2.22 bits per heavy atom. The Bertz CT molecular complexity index is 515. The van der Waals surface area contributed by atoms with E-state index in [0.717, 1.165) is 12.1 Å². The van der Waals surface area contributed by atoms with Crippen molar-refractivity contribution in [2.45, 2.75) is 32.7 Å². The van der Waals surface area contributed by atoms with Gasteiger partial charge in [0.05, 0.1) is 11.2 Å². The van der Waals surface area contributed by atoms with E-state index in [2.05, 4.69) is 21.7 Å².